The first-order valence-electron chi connectivity index (χ1n) is 5.96. The van der Waals surface area contributed by atoms with Crippen LogP contribution >= 0.6 is 15.9 Å². The van der Waals surface area contributed by atoms with E-state index in [1.165, 1.54) is 5.56 Å². The molecule has 1 rings (SSSR count). The van der Waals surface area contributed by atoms with Crippen molar-refractivity contribution in [2.45, 2.75) is 19.4 Å². The number of quaternary nitrogens is 1. The monoisotopic (exact) mass is 309 g/mol. The van der Waals surface area contributed by atoms with E-state index in [4.69, 9.17) is 6.42 Å². The van der Waals surface area contributed by atoms with Crippen LogP contribution in [0.25, 0.3) is 0 Å². The van der Waals surface area contributed by atoms with Crippen molar-refractivity contribution in [3.05, 3.63) is 34.3 Å². The molecule has 0 spiro atoms. The maximum Gasteiger partial charge on any atom is 0.275 e. The van der Waals surface area contributed by atoms with Gasteiger partial charge in [-0.1, -0.05) is 40.9 Å². The number of nitrogens with one attached hydrogen (secondary N) is 1. The lowest BCUT2D eigenvalue weighted by Crippen LogP contribution is -2.87. The quantitative estimate of drug-likeness (QED) is 0.762. The minimum atomic E-state index is -0.0245. The molecule has 96 valence electrons. The van der Waals surface area contributed by atoms with Gasteiger partial charge in [0.15, 0.2) is 6.54 Å². The van der Waals surface area contributed by atoms with Crippen LogP contribution in [0.2, 0.25) is 0 Å². The van der Waals surface area contributed by atoms with E-state index in [1.807, 2.05) is 17.4 Å². The van der Waals surface area contributed by atoms with Gasteiger partial charge in [-0.2, -0.15) is 0 Å². The average Bonchev–Trinajstić information content (AvgIpc) is 2.39. The van der Waals surface area contributed by atoms with Crippen molar-refractivity contribution in [3.63, 3.8) is 0 Å². The maximum absolute atomic E-state index is 11.5. The minimum Gasteiger partial charge on any atom is -0.340 e. The van der Waals surface area contributed by atoms with Gasteiger partial charge in [0, 0.05) is 16.5 Å². The normalized spacial score (nSPS) is 11.6. The summed E-state index contributed by atoms with van der Waals surface area (Å²) in [5, 5.41) is 4.70. The van der Waals surface area contributed by atoms with Gasteiger partial charge in [0.05, 0.1) is 6.54 Å². The van der Waals surface area contributed by atoms with Crippen LogP contribution in [0.5, 0.6) is 0 Å². The summed E-state index contributed by atoms with van der Waals surface area (Å²) in [6, 6.07) is 8.49. The zero-order valence-electron chi connectivity index (χ0n) is 10.4. The van der Waals surface area contributed by atoms with E-state index in [-0.39, 0.29) is 5.91 Å². The first-order chi connectivity index (χ1) is 8.67. The Kier molecular flexibility index (Phi) is 6.48. The van der Waals surface area contributed by atoms with Crippen molar-refractivity contribution in [1.82, 2.24) is 5.32 Å². The van der Waals surface area contributed by atoms with Crippen LogP contribution in [0.15, 0.2) is 28.7 Å². The summed E-state index contributed by atoms with van der Waals surface area (Å²) in [5.41, 5.74) is 1.23. The van der Waals surface area contributed by atoms with Gasteiger partial charge in [-0.15, -0.1) is 6.42 Å². The third-order valence-electron chi connectivity index (χ3n) is 2.71. The number of carbonyl (C=O) groups excluding carboxylic acids is 1. The van der Waals surface area contributed by atoms with Crippen molar-refractivity contribution in [2.24, 2.45) is 0 Å². The zero-order chi connectivity index (χ0) is 13.4. The van der Waals surface area contributed by atoms with Crippen molar-refractivity contribution in [1.29, 1.82) is 0 Å². The van der Waals surface area contributed by atoms with E-state index >= 15 is 0 Å². The van der Waals surface area contributed by atoms with Gasteiger partial charge >= 0.3 is 0 Å². The summed E-state index contributed by atoms with van der Waals surface area (Å²) in [7, 11) is 0. The van der Waals surface area contributed by atoms with E-state index in [2.05, 4.69) is 46.2 Å². The highest BCUT2D eigenvalue weighted by Gasteiger charge is 2.14. The molecule has 0 fully saturated rings. The molecule has 0 aliphatic carbocycles. The average molecular weight is 310 g/mol. The van der Waals surface area contributed by atoms with Crippen LogP contribution in [0.3, 0.4) is 0 Å². The van der Waals surface area contributed by atoms with Crippen molar-refractivity contribution >= 4 is 21.8 Å². The SMILES string of the molecule is C#CCNC(=O)C[NH2+][C@H](CC)c1ccc(Br)cc1. The first kappa shape index (κ1) is 14.7. The van der Waals surface area contributed by atoms with Gasteiger partial charge in [0.2, 0.25) is 0 Å². The Bertz CT molecular complexity index is 422. The predicted octanol–water partition coefficient (Wildman–Crippen LogP) is 1.21. The summed E-state index contributed by atoms with van der Waals surface area (Å²) in [6.45, 7) is 2.81. The highest BCUT2D eigenvalue weighted by molar-refractivity contribution is 9.10. The highest BCUT2D eigenvalue weighted by Crippen LogP contribution is 2.16. The molecule has 0 saturated heterocycles. The molecule has 1 amide bonds. The molecule has 1 atom stereocenters. The molecule has 0 aliphatic heterocycles. The molecule has 0 radical (unpaired) electrons. The number of hydrogen-bond acceptors (Lipinski definition) is 1. The molecule has 0 aliphatic rings. The predicted molar refractivity (Wildman–Crippen MR) is 75.8 cm³/mol. The smallest absolute Gasteiger partial charge is 0.275 e. The Hall–Kier alpha value is -1.31. The second kappa shape index (κ2) is 7.91. The molecule has 1 aromatic carbocycles. The molecule has 0 heterocycles. The molecule has 3 N–H and O–H groups in total. The van der Waals surface area contributed by atoms with Gasteiger partial charge < -0.3 is 10.6 Å². The van der Waals surface area contributed by atoms with Crippen LogP contribution in [0.4, 0.5) is 0 Å². The summed E-state index contributed by atoms with van der Waals surface area (Å²) < 4.78 is 1.06. The standard InChI is InChI=1S/C14H17BrN2O/c1-3-9-16-14(18)10-17-13(4-2)11-5-7-12(15)8-6-11/h1,5-8,13,17H,4,9-10H2,2H3,(H,16,18)/p+1/t13-/m1/s1. The number of terminal acetylenes is 1. The number of benzene rings is 1. The summed E-state index contributed by atoms with van der Waals surface area (Å²) in [5.74, 6) is 2.36. The van der Waals surface area contributed by atoms with E-state index < -0.39 is 0 Å². The van der Waals surface area contributed by atoms with Gasteiger partial charge in [0.25, 0.3) is 5.91 Å². The van der Waals surface area contributed by atoms with Gasteiger partial charge in [-0.3, -0.25) is 4.79 Å². The second-order valence-electron chi connectivity index (χ2n) is 3.99. The minimum absolute atomic E-state index is 0.0245. The fraction of sp³-hybridized carbons (Fsp3) is 0.357. The molecular weight excluding hydrogens is 292 g/mol. The lowest BCUT2D eigenvalue weighted by molar-refractivity contribution is -0.686. The third-order valence-corrected chi connectivity index (χ3v) is 3.24. The van der Waals surface area contributed by atoms with Crippen molar-refractivity contribution in [2.75, 3.05) is 13.1 Å². The Labute approximate surface area is 116 Å². The maximum atomic E-state index is 11.5. The lowest BCUT2D eigenvalue weighted by atomic mass is 10.0. The lowest BCUT2D eigenvalue weighted by Gasteiger charge is -2.13. The number of amides is 1. The molecule has 1 aromatic rings. The van der Waals surface area contributed by atoms with E-state index in [9.17, 15) is 4.79 Å². The van der Waals surface area contributed by atoms with Crippen LogP contribution < -0.4 is 10.6 Å². The van der Waals surface area contributed by atoms with Gasteiger partial charge in [0.1, 0.15) is 6.04 Å². The van der Waals surface area contributed by atoms with Gasteiger partial charge in [-0.25, -0.2) is 0 Å². The molecular formula is C14H18BrN2O+. The van der Waals surface area contributed by atoms with E-state index in [1.54, 1.807) is 0 Å². The van der Waals surface area contributed by atoms with Crippen molar-refractivity contribution in [3.8, 4) is 12.3 Å². The van der Waals surface area contributed by atoms with Crippen LogP contribution in [0, 0.1) is 12.3 Å². The Morgan fingerprint density at radius 1 is 1.50 bits per heavy atom. The fourth-order valence-corrected chi connectivity index (χ4v) is 1.98. The fourth-order valence-electron chi connectivity index (χ4n) is 1.72. The number of nitrogens with two attached hydrogens (primary N) is 1. The molecule has 0 saturated carbocycles. The van der Waals surface area contributed by atoms with Gasteiger partial charge in [-0.05, 0) is 12.1 Å². The summed E-state index contributed by atoms with van der Waals surface area (Å²) in [4.78, 5) is 11.5. The molecule has 0 unspecified atom stereocenters. The number of carbonyl (C=O) groups is 1. The van der Waals surface area contributed by atoms with E-state index in [0.29, 0.717) is 19.1 Å². The second-order valence-corrected chi connectivity index (χ2v) is 4.90. The van der Waals surface area contributed by atoms with Crippen LogP contribution in [-0.4, -0.2) is 19.0 Å². The molecule has 3 nitrogen and oxygen atoms in total. The Balaban J connectivity index is 2.50. The summed E-state index contributed by atoms with van der Waals surface area (Å²) >= 11 is 3.41. The molecule has 18 heavy (non-hydrogen) atoms. The van der Waals surface area contributed by atoms with E-state index in [0.717, 1.165) is 10.9 Å². The number of hydrogen-bond donors (Lipinski definition) is 2. The first-order valence-corrected chi connectivity index (χ1v) is 6.75. The van der Waals surface area contributed by atoms with Crippen LogP contribution in [0.1, 0.15) is 24.9 Å². The Morgan fingerprint density at radius 2 is 2.17 bits per heavy atom. The molecule has 0 bridgehead atoms. The Morgan fingerprint density at radius 3 is 2.72 bits per heavy atom. The van der Waals surface area contributed by atoms with Crippen molar-refractivity contribution < 1.29 is 10.1 Å². The number of halogens is 1. The summed E-state index contributed by atoms with van der Waals surface area (Å²) in [6.07, 6.45) is 6.06. The topological polar surface area (TPSA) is 45.7 Å². The highest BCUT2D eigenvalue weighted by atomic mass is 79.9. The molecule has 0 aromatic heterocycles. The molecule has 4 heteroatoms. The van der Waals surface area contributed by atoms with Crippen LogP contribution in [-0.2, 0) is 4.79 Å². The third kappa shape index (κ3) is 4.91. The number of rotatable bonds is 6. The zero-order valence-corrected chi connectivity index (χ0v) is 12.0. The largest absolute Gasteiger partial charge is 0.340 e.